The third kappa shape index (κ3) is 5.01. The molecule has 1 atom stereocenters. The van der Waals surface area contributed by atoms with Crippen molar-refractivity contribution in [2.75, 3.05) is 19.6 Å². The highest BCUT2D eigenvalue weighted by Crippen LogP contribution is 2.25. The Hall–Kier alpha value is -2.15. The molecule has 1 aliphatic rings. The number of aromatic nitrogens is 1. The van der Waals surface area contributed by atoms with Crippen molar-refractivity contribution >= 4 is 11.3 Å². The monoisotopic (exact) mass is 397 g/mol. The van der Waals surface area contributed by atoms with Crippen molar-refractivity contribution in [1.82, 2.24) is 15.2 Å². The van der Waals surface area contributed by atoms with Crippen LogP contribution in [-0.2, 0) is 13.2 Å². The summed E-state index contributed by atoms with van der Waals surface area (Å²) in [6.07, 6.45) is 4.32. The number of hydrogen-bond donors (Lipinski definition) is 1. The van der Waals surface area contributed by atoms with Crippen LogP contribution in [0, 0.1) is 6.92 Å². The molecule has 1 unspecified atom stereocenters. The summed E-state index contributed by atoms with van der Waals surface area (Å²) in [6, 6.07) is 12.7. The van der Waals surface area contributed by atoms with Gasteiger partial charge in [0, 0.05) is 18.5 Å². The van der Waals surface area contributed by atoms with Gasteiger partial charge < -0.3 is 14.5 Å². The lowest BCUT2D eigenvalue weighted by Crippen LogP contribution is -2.33. The number of nitrogens with one attached hydrogen (secondary N) is 1. The molecule has 3 aromatic rings. The summed E-state index contributed by atoms with van der Waals surface area (Å²) in [7, 11) is 0. The third-order valence-corrected chi connectivity index (χ3v) is 5.92. The number of aryl methyl sites for hydroxylation is 1. The van der Waals surface area contributed by atoms with Crippen molar-refractivity contribution in [3.8, 4) is 5.75 Å². The normalized spacial score (nSPS) is 15.8. The Bertz CT molecular complexity index is 839. The molecule has 28 heavy (non-hydrogen) atoms. The van der Waals surface area contributed by atoms with Crippen LogP contribution in [0.2, 0.25) is 0 Å². The van der Waals surface area contributed by atoms with E-state index in [2.05, 4.69) is 33.4 Å². The first-order valence-corrected chi connectivity index (χ1v) is 10.8. The minimum atomic E-state index is 0.307. The fourth-order valence-corrected chi connectivity index (χ4v) is 4.23. The van der Waals surface area contributed by atoms with Crippen molar-refractivity contribution in [1.29, 1.82) is 0 Å². The third-order valence-electron chi connectivity index (χ3n) is 5.10. The Morgan fingerprint density at radius 3 is 2.71 bits per heavy atom. The molecule has 4 rings (SSSR count). The molecule has 1 N–H and O–H groups in total. The smallest absolute Gasteiger partial charge is 0.131 e. The summed E-state index contributed by atoms with van der Waals surface area (Å²) >= 11 is 1.65. The van der Waals surface area contributed by atoms with Crippen LogP contribution in [0.15, 0.2) is 52.5 Å². The highest BCUT2D eigenvalue weighted by Gasteiger charge is 2.25. The molecule has 2 aromatic heterocycles. The number of rotatable bonds is 9. The predicted molar refractivity (Wildman–Crippen MR) is 112 cm³/mol. The summed E-state index contributed by atoms with van der Waals surface area (Å²) in [4.78, 5) is 6.94. The van der Waals surface area contributed by atoms with Gasteiger partial charge >= 0.3 is 0 Å². The molecule has 0 amide bonds. The Morgan fingerprint density at radius 1 is 1.21 bits per heavy atom. The first kappa shape index (κ1) is 19.2. The van der Waals surface area contributed by atoms with Gasteiger partial charge in [-0.15, -0.1) is 11.3 Å². The molecule has 6 heteroatoms. The van der Waals surface area contributed by atoms with Crippen LogP contribution in [0.4, 0.5) is 0 Å². The molecule has 1 aliphatic heterocycles. The van der Waals surface area contributed by atoms with Crippen molar-refractivity contribution in [3.05, 3.63) is 70.1 Å². The second kappa shape index (κ2) is 9.37. The number of ether oxygens (including phenoxy) is 1. The van der Waals surface area contributed by atoms with Gasteiger partial charge in [-0.1, -0.05) is 12.1 Å². The maximum atomic E-state index is 5.82. The van der Waals surface area contributed by atoms with Gasteiger partial charge in [-0.3, -0.25) is 4.90 Å². The average Bonchev–Trinajstić information content (AvgIpc) is 3.47. The van der Waals surface area contributed by atoms with Crippen molar-refractivity contribution in [2.45, 2.75) is 39.0 Å². The summed E-state index contributed by atoms with van der Waals surface area (Å²) in [6.45, 7) is 6.54. The van der Waals surface area contributed by atoms with Gasteiger partial charge in [0.25, 0.3) is 0 Å². The van der Waals surface area contributed by atoms with Gasteiger partial charge in [0.1, 0.15) is 18.1 Å². The maximum Gasteiger partial charge on any atom is 0.131 e. The van der Waals surface area contributed by atoms with Crippen molar-refractivity contribution < 1.29 is 9.15 Å². The molecule has 0 radical (unpaired) electrons. The molecule has 0 spiro atoms. The zero-order valence-corrected chi connectivity index (χ0v) is 17.1. The first-order chi connectivity index (χ1) is 13.8. The van der Waals surface area contributed by atoms with E-state index in [1.807, 2.05) is 30.5 Å². The summed E-state index contributed by atoms with van der Waals surface area (Å²) in [5.41, 5.74) is 2.23. The van der Waals surface area contributed by atoms with Gasteiger partial charge in [-0.2, -0.15) is 0 Å². The summed E-state index contributed by atoms with van der Waals surface area (Å²) < 4.78 is 11.5. The van der Waals surface area contributed by atoms with Crippen LogP contribution in [0.25, 0.3) is 0 Å². The highest BCUT2D eigenvalue weighted by molar-refractivity contribution is 7.09. The largest absolute Gasteiger partial charge is 0.487 e. The number of benzene rings is 1. The molecular weight excluding hydrogens is 370 g/mol. The second-order valence-corrected chi connectivity index (χ2v) is 8.26. The van der Waals surface area contributed by atoms with Crippen LogP contribution >= 0.6 is 11.3 Å². The number of thiazole rings is 1. The quantitative estimate of drug-likeness (QED) is 0.574. The lowest BCUT2D eigenvalue weighted by Gasteiger charge is -2.26. The van der Waals surface area contributed by atoms with E-state index in [-0.39, 0.29) is 0 Å². The zero-order valence-electron chi connectivity index (χ0n) is 16.3. The Balaban J connectivity index is 1.27. The summed E-state index contributed by atoms with van der Waals surface area (Å²) in [5.74, 6) is 1.93. The number of furan rings is 1. The Morgan fingerprint density at radius 2 is 2.04 bits per heavy atom. The molecule has 1 saturated heterocycles. The van der Waals surface area contributed by atoms with Crippen LogP contribution in [-0.4, -0.2) is 29.5 Å². The van der Waals surface area contributed by atoms with E-state index in [0.29, 0.717) is 12.6 Å². The minimum absolute atomic E-state index is 0.307. The fourth-order valence-electron chi connectivity index (χ4n) is 3.63. The Labute approximate surface area is 170 Å². The van der Waals surface area contributed by atoms with Gasteiger partial charge in [-0.05, 0) is 62.7 Å². The highest BCUT2D eigenvalue weighted by atomic mass is 32.1. The fraction of sp³-hybridized carbons (Fsp3) is 0.409. The minimum Gasteiger partial charge on any atom is -0.487 e. The van der Waals surface area contributed by atoms with Gasteiger partial charge in [-0.25, -0.2) is 4.98 Å². The van der Waals surface area contributed by atoms with Gasteiger partial charge in [0.15, 0.2) is 0 Å². The van der Waals surface area contributed by atoms with E-state index in [0.717, 1.165) is 48.4 Å². The topological polar surface area (TPSA) is 50.5 Å². The van der Waals surface area contributed by atoms with E-state index < -0.39 is 0 Å². The van der Waals surface area contributed by atoms with E-state index in [1.165, 1.54) is 18.4 Å². The number of hydrogen-bond acceptors (Lipinski definition) is 6. The van der Waals surface area contributed by atoms with Crippen LogP contribution in [0.1, 0.15) is 40.9 Å². The molecule has 0 aliphatic carbocycles. The molecule has 0 saturated carbocycles. The van der Waals surface area contributed by atoms with E-state index >= 15 is 0 Å². The Kier molecular flexibility index (Phi) is 6.41. The van der Waals surface area contributed by atoms with Crippen molar-refractivity contribution in [3.63, 3.8) is 0 Å². The van der Waals surface area contributed by atoms with Crippen LogP contribution in [0.3, 0.4) is 0 Å². The summed E-state index contributed by atoms with van der Waals surface area (Å²) in [5, 5.41) is 6.71. The van der Waals surface area contributed by atoms with Gasteiger partial charge in [0.05, 0.1) is 23.0 Å². The second-order valence-electron chi connectivity index (χ2n) is 7.20. The van der Waals surface area contributed by atoms with E-state index in [4.69, 9.17) is 9.15 Å². The van der Waals surface area contributed by atoms with Crippen LogP contribution < -0.4 is 10.1 Å². The predicted octanol–water partition coefficient (Wildman–Crippen LogP) is 4.55. The molecule has 148 valence electrons. The zero-order chi connectivity index (χ0) is 19.2. The van der Waals surface area contributed by atoms with E-state index in [1.54, 1.807) is 17.6 Å². The lowest BCUT2D eigenvalue weighted by atomic mass is 10.1. The van der Waals surface area contributed by atoms with Crippen LogP contribution in [0.5, 0.6) is 5.75 Å². The SMILES string of the molecule is Cc1nc(COc2ccc(CNCC(c3ccco3)N3CCCC3)cc2)cs1. The lowest BCUT2D eigenvalue weighted by molar-refractivity contribution is 0.209. The number of likely N-dealkylation sites (tertiary alicyclic amines) is 1. The molecule has 1 aromatic carbocycles. The van der Waals surface area contributed by atoms with Crippen molar-refractivity contribution in [2.24, 2.45) is 0 Å². The standard InChI is InChI=1S/C22H27N3O2S/c1-17-24-19(16-28-17)15-27-20-8-6-18(7-9-20)13-23-14-21(22-5-4-12-26-22)25-10-2-3-11-25/h4-9,12,16,21,23H,2-3,10-11,13-15H2,1H3. The number of nitrogens with zero attached hydrogens (tertiary/aromatic N) is 2. The average molecular weight is 398 g/mol. The first-order valence-electron chi connectivity index (χ1n) is 9.89. The molecule has 5 nitrogen and oxygen atoms in total. The molecular formula is C22H27N3O2S. The molecule has 0 bridgehead atoms. The maximum absolute atomic E-state index is 5.82. The molecule has 3 heterocycles. The molecule has 1 fully saturated rings. The van der Waals surface area contributed by atoms with E-state index in [9.17, 15) is 0 Å². The van der Waals surface area contributed by atoms with Gasteiger partial charge in [0.2, 0.25) is 0 Å².